The molecule has 3 rings (SSSR count). The fourth-order valence-electron chi connectivity index (χ4n) is 3.32. The van der Waals surface area contributed by atoms with Gasteiger partial charge in [-0.3, -0.25) is 9.48 Å². The van der Waals surface area contributed by atoms with Gasteiger partial charge in [0.15, 0.2) is 0 Å². The normalized spacial score (nSPS) is 21.0. The number of likely N-dealkylation sites (tertiary alicyclic amines) is 1. The molecule has 1 amide bonds. The molecule has 1 aromatic carbocycles. The smallest absolute Gasteiger partial charge is 0.246 e. The molecule has 2 aromatic rings. The van der Waals surface area contributed by atoms with E-state index in [1.165, 1.54) is 5.56 Å². The molecular formula is C20H25N3O2. The summed E-state index contributed by atoms with van der Waals surface area (Å²) >= 11 is 0. The van der Waals surface area contributed by atoms with Crippen molar-refractivity contribution in [3.05, 3.63) is 59.4 Å². The van der Waals surface area contributed by atoms with Gasteiger partial charge in [0.05, 0.1) is 17.8 Å². The Bertz CT molecular complexity index is 749. The predicted molar refractivity (Wildman–Crippen MR) is 97.9 cm³/mol. The van der Waals surface area contributed by atoms with Crippen LogP contribution in [-0.2, 0) is 18.3 Å². The molecule has 0 saturated carbocycles. The molecule has 0 bridgehead atoms. The average Bonchev–Trinajstić information content (AvgIpc) is 3.01. The van der Waals surface area contributed by atoms with Crippen LogP contribution in [0.5, 0.6) is 0 Å². The monoisotopic (exact) mass is 339 g/mol. The topological polar surface area (TPSA) is 58.4 Å². The summed E-state index contributed by atoms with van der Waals surface area (Å²) in [5, 5.41) is 14.6. The molecule has 0 aliphatic carbocycles. The Morgan fingerprint density at radius 3 is 2.76 bits per heavy atom. The van der Waals surface area contributed by atoms with Crippen LogP contribution < -0.4 is 0 Å². The van der Waals surface area contributed by atoms with E-state index in [0.717, 1.165) is 24.1 Å². The summed E-state index contributed by atoms with van der Waals surface area (Å²) in [5.41, 5.74) is 3.23. The van der Waals surface area contributed by atoms with E-state index in [0.29, 0.717) is 13.0 Å². The lowest BCUT2D eigenvalue weighted by Gasteiger charge is -2.38. The number of aliphatic hydroxyl groups is 1. The van der Waals surface area contributed by atoms with Crippen LogP contribution in [0.4, 0.5) is 0 Å². The predicted octanol–water partition coefficient (Wildman–Crippen LogP) is 2.34. The molecule has 2 atom stereocenters. The Morgan fingerprint density at radius 1 is 1.32 bits per heavy atom. The average molecular weight is 339 g/mol. The van der Waals surface area contributed by atoms with Crippen LogP contribution in [0.3, 0.4) is 0 Å². The van der Waals surface area contributed by atoms with E-state index in [-0.39, 0.29) is 11.9 Å². The first-order chi connectivity index (χ1) is 12.0. The molecule has 0 unspecified atom stereocenters. The first kappa shape index (κ1) is 17.4. The van der Waals surface area contributed by atoms with Gasteiger partial charge in [-0.15, -0.1) is 0 Å². The van der Waals surface area contributed by atoms with Crippen molar-refractivity contribution in [2.24, 2.45) is 7.05 Å². The number of benzene rings is 1. The summed E-state index contributed by atoms with van der Waals surface area (Å²) in [5.74, 6) is -0.0583. The number of hydrogen-bond donors (Lipinski definition) is 1. The second kappa shape index (κ2) is 7.66. The molecule has 2 heterocycles. The number of aromatic nitrogens is 2. The lowest BCUT2D eigenvalue weighted by Crippen LogP contribution is -2.51. The molecule has 5 heteroatoms. The third-order valence-electron chi connectivity index (χ3n) is 4.85. The van der Waals surface area contributed by atoms with Gasteiger partial charge < -0.3 is 10.0 Å². The number of hydrogen-bond acceptors (Lipinski definition) is 3. The summed E-state index contributed by atoms with van der Waals surface area (Å²) in [6, 6.07) is 9.96. The third-order valence-corrected chi connectivity index (χ3v) is 4.85. The van der Waals surface area contributed by atoms with Crippen molar-refractivity contribution >= 4 is 12.0 Å². The second-order valence-electron chi connectivity index (χ2n) is 6.71. The van der Waals surface area contributed by atoms with Crippen molar-refractivity contribution in [1.29, 1.82) is 0 Å². The van der Waals surface area contributed by atoms with Crippen LogP contribution >= 0.6 is 0 Å². The van der Waals surface area contributed by atoms with Crippen molar-refractivity contribution in [3.63, 3.8) is 0 Å². The van der Waals surface area contributed by atoms with Crippen LogP contribution in [0, 0.1) is 6.92 Å². The van der Waals surface area contributed by atoms with E-state index in [9.17, 15) is 9.90 Å². The molecule has 1 aliphatic heterocycles. The number of carbonyl (C=O) groups is 1. The summed E-state index contributed by atoms with van der Waals surface area (Å²) < 4.78 is 1.72. The Kier molecular flexibility index (Phi) is 5.34. The highest BCUT2D eigenvalue weighted by atomic mass is 16.3. The van der Waals surface area contributed by atoms with Crippen molar-refractivity contribution in [2.75, 3.05) is 6.54 Å². The van der Waals surface area contributed by atoms with E-state index in [1.807, 2.05) is 13.1 Å². The Labute approximate surface area is 148 Å². The van der Waals surface area contributed by atoms with Crippen LogP contribution in [-0.4, -0.2) is 44.4 Å². The Hall–Kier alpha value is -2.40. The molecule has 1 fully saturated rings. The Balaban J connectivity index is 1.74. The molecule has 1 aliphatic rings. The third kappa shape index (κ3) is 4.17. The standard InChI is InChI=1S/C20H25N3O2/c1-15-5-7-16(8-6-15)14-18-19(24)4-3-13-23(18)20(25)10-9-17-11-12-21-22(17)2/h5-12,18-19,24H,3-4,13-14H2,1-2H3/b10-9+/t18-,19-/m0/s1. The van der Waals surface area contributed by atoms with Crippen molar-refractivity contribution in [1.82, 2.24) is 14.7 Å². The van der Waals surface area contributed by atoms with Gasteiger partial charge in [0.1, 0.15) is 0 Å². The maximum absolute atomic E-state index is 12.7. The van der Waals surface area contributed by atoms with Crippen molar-refractivity contribution in [3.8, 4) is 0 Å². The quantitative estimate of drug-likeness (QED) is 0.870. The van der Waals surface area contributed by atoms with Gasteiger partial charge in [0.25, 0.3) is 0 Å². The largest absolute Gasteiger partial charge is 0.391 e. The van der Waals surface area contributed by atoms with E-state index < -0.39 is 6.10 Å². The van der Waals surface area contributed by atoms with Crippen LogP contribution in [0.2, 0.25) is 0 Å². The van der Waals surface area contributed by atoms with Gasteiger partial charge in [-0.1, -0.05) is 29.8 Å². The van der Waals surface area contributed by atoms with Gasteiger partial charge >= 0.3 is 0 Å². The number of rotatable bonds is 4. The minimum atomic E-state index is -0.482. The zero-order valence-electron chi connectivity index (χ0n) is 14.8. The molecule has 132 valence electrons. The van der Waals surface area contributed by atoms with Crippen molar-refractivity contribution < 1.29 is 9.90 Å². The Morgan fingerprint density at radius 2 is 2.08 bits per heavy atom. The van der Waals surface area contributed by atoms with Gasteiger partial charge in [-0.2, -0.15) is 5.10 Å². The maximum atomic E-state index is 12.7. The molecule has 5 nitrogen and oxygen atoms in total. The van der Waals surface area contributed by atoms with Crippen LogP contribution in [0.25, 0.3) is 6.08 Å². The fourth-order valence-corrected chi connectivity index (χ4v) is 3.32. The molecule has 1 aromatic heterocycles. The lowest BCUT2D eigenvalue weighted by atomic mass is 9.92. The summed E-state index contributed by atoms with van der Waals surface area (Å²) in [7, 11) is 1.84. The first-order valence-corrected chi connectivity index (χ1v) is 8.75. The van der Waals surface area contributed by atoms with Gasteiger partial charge in [0, 0.05) is 25.9 Å². The van der Waals surface area contributed by atoms with E-state index in [1.54, 1.807) is 27.9 Å². The second-order valence-corrected chi connectivity index (χ2v) is 6.71. The number of aryl methyl sites for hydroxylation is 2. The number of piperidine rings is 1. The van der Waals surface area contributed by atoms with E-state index >= 15 is 0 Å². The molecule has 25 heavy (non-hydrogen) atoms. The highest BCUT2D eigenvalue weighted by Crippen LogP contribution is 2.22. The molecule has 0 radical (unpaired) electrons. The highest BCUT2D eigenvalue weighted by molar-refractivity contribution is 5.91. The minimum Gasteiger partial charge on any atom is -0.391 e. The lowest BCUT2D eigenvalue weighted by molar-refractivity contribution is -0.133. The SMILES string of the molecule is Cc1ccc(C[C@H]2[C@@H](O)CCCN2C(=O)/C=C/c2ccnn2C)cc1. The number of nitrogens with zero attached hydrogens (tertiary/aromatic N) is 3. The minimum absolute atomic E-state index is 0.0583. The van der Waals surface area contributed by atoms with E-state index in [2.05, 4.69) is 36.3 Å². The van der Waals surface area contributed by atoms with Gasteiger partial charge in [0.2, 0.25) is 5.91 Å². The molecule has 1 N–H and O–H groups in total. The number of aliphatic hydroxyl groups excluding tert-OH is 1. The van der Waals surface area contributed by atoms with Crippen molar-refractivity contribution in [2.45, 2.75) is 38.3 Å². The molecule has 1 saturated heterocycles. The number of carbonyl (C=O) groups excluding carboxylic acids is 1. The molecule has 0 spiro atoms. The van der Waals surface area contributed by atoms with Crippen LogP contribution in [0.15, 0.2) is 42.6 Å². The van der Waals surface area contributed by atoms with E-state index in [4.69, 9.17) is 0 Å². The summed E-state index contributed by atoms with van der Waals surface area (Å²) in [6.45, 7) is 2.74. The fraction of sp³-hybridized carbons (Fsp3) is 0.400. The summed E-state index contributed by atoms with van der Waals surface area (Å²) in [4.78, 5) is 14.5. The highest BCUT2D eigenvalue weighted by Gasteiger charge is 2.32. The summed E-state index contributed by atoms with van der Waals surface area (Å²) in [6.07, 6.45) is 6.82. The first-order valence-electron chi connectivity index (χ1n) is 8.75. The zero-order valence-corrected chi connectivity index (χ0v) is 14.8. The number of amides is 1. The zero-order chi connectivity index (χ0) is 17.8. The maximum Gasteiger partial charge on any atom is 0.246 e. The molecular weight excluding hydrogens is 314 g/mol. The van der Waals surface area contributed by atoms with Gasteiger partial charge in [-0.25, -0.2) is 0 Å². The van der Waals surface area contributed by atoms with Gasteiger partial charge in [-0.05, 0) is 43.9 Å². The van der Waals surface area contributed by atoms with Crippen LogP contribution in [0.1, 0.15) is 29.7 Å².